The van der Waals surface area contributed by atoms with E-state index in [9.17, 15) is 4.79 Å². The first-order valence-corrected chi connectivity index (χ1v) is 10.4. The second kappa shape index (κ2) is 7.86. The van der Waals surface area contributed by atoms with Gasteiger partial charge in [0.15, 0.2) is 11.5 Å². The molecule has 0 aliphatic carbocycles. The summed E-state index contributed by atoms with van der Waals surface area (Å²) >= 11 is 0. The van der Waals surface area contributed by atoms with Crippen LogP contribution in [0.5, 0.6) is 5.75 Å². The number of nitrogens with zero attached hydrogens (tertiary/aromatic N) is 6. The number of pyridine rings is 1. The maximum atomic E-state index is 12.9. The summed E-state index contributed by atoms with van der Waals surface area (Å²) in [5.41, 5.74) is 3.51. The largest absolute Gasteiger partial charge is 0.497 e. The van der Waals surface area contributed by atoms with E-state index in [2.05, 4.69) is 5.10 Å². The molecular formula is C23H24N6O2. The van der Waals surface area contributed by atoms with Crippen LogP contribution in [0.3, 0.4) is 0 Å². The van der Waals surface area contributed by atoms with Crippen molar-refractivity contribution < 1.29 is 9.53 Å². The third-order valence-electron chi connectivity index (χ3n) is 5.86. The lowest BCUT2D eigenvalue weighted by molar-refractivity contribution is 0.0693. The first-order valence-electron chi connectivity index (χ1n) is 10.4. The Morgan fingerprint density at radius 2 is 2.06 bits per heavy atom. The minimum Gasteiger partial charge on any atom is -0.497 e. The number of hydrogen-bond acceptors (Lipinski definition) is 5. The Hall–Kier alpha value is -3.68. The smallest absolute Gasteiger partial charge is 0.272 e. The van der Waals surface area contributed by atoms with Gasteiger partial charge in [0, 0.05) is 44.0 Å². The van der Waals surface area contributed by atoms with Gasteiger partial charge in [0.2, 0.25) is 0 Å². The molecule has 8 heteroatoms. The molecule has 1 aromatic carbocycles. The predicted molar refractivity (Wildman–Crippen MR) is 116 cm³/mol. The average Bonchev–Trinajstić information content (AvgIpc) is 3.44. The summed E-state index contributed by atoms with van der Waals surface area (Å²) < 4.78 is 8.78. The SMILES string of the molecule is COc1cccc(-c2ccc3nc([C@H]4CCCN(C(=O)c5ccnn5C)C4)nn3c2)c1. The van der Waals surface area contributed by atoms with Gasteiger partial charge in [0.05, 0.1) is 7.11 Å². The number of aryl methyl sites for hydroxylation is 1. The van der Waals surface area contributed by atoms with Crippen molar-refractivity contribution in [3.05, 3.63) is 66.4 Å². The van der Waals surface area contributed by atoms with Gasteiger partial charge in [-0.15, -0.1) is 0 Å². The number of benzene rings is 1. The van der Waals surface area contributed by atoms with E-state index in [1.807, 2.05) is 52.0 Å². The van der Waals surface area contributed by atoms with Crippen LogP contribution < -0.4 is 4.74 Å². The number of hydrogen-bond donors (Lipinski definition) is 0. The van der Waals surface area contributed by atoms with Crippen LogP contribution in [-0.2, 0) is 7.05 Å². The van der Waals surface area contributed by atoms with Gasteiger partial charge in [-0.2, -0.15) is 10.2 Å². The summed E-state index contributed by atoms with van der Waals surface area (Å²) in [4.78, 5) is 19.5. The van der Waals surface area contributed by atoms with Crippen molar-refractivity contribution in [1.82, 2.24) is 29.3 Å². The number of rotatable bonds is 4. The van der Waals surface area contributed by atoms with E-state index in [4.69, 9.17) is 14.8 Å². The zero-order chi connectivity index (χ0) is 21.4. The van der Waals surface area contributed by atoms with Crippen molar-refractivity contribution in [2.24, 2.45) is 7.05 Å². The molecule has 5 rings (SSSR count). The maximum Gasteiger partial charge on any atom is 0.272 e. The summed E-state index contributed by atoms with van der Waals surface area (Å²) in [5.74, 6) is 1.72. The minimum absolute atomic E-state index is 0.00813. The third kappa shape index (κ3) is 3.65. The molecule has 31 heavy (non-hydrogen) atoms. The number of carbonyl (C=O) groups is 1. The molecular weight excluding hydrogens is 392 g/mol. The van der Waals surface area contributed by atoms with Crippen LogP contribution in [0.1, 0.15) is 35.1 Å². The highest BCUT2D eigenvalue weighted by atomic mass is 16.5. The van der Waals surface area contributed by atoms with Gasteiger partial charge in [0.25, 0.3) is 5.91 Å². The van der Waals surface area contributed by atoms with Crippen molar-refractivity contribution in [1.29, 1.82) is 0 Å². The van der Waals surface area contributed by atoms with Gasteiger partial charge in [-0.25, -0.2) is 9.50 Å². The van der Waals surface area contributed by atoms with Crippen molar-refractivity contribution >= 4 is 11.6 Å². The number of ether oxygens (including phenoxy) is 1. The van der Waals surface area contributed by atoms with Gasteiger partial charge in [-0.1, -0.05) is 12.1 Å². The van der Waals surface area contributed by atoms with Crippen LogP contribution in [0, 0.1) is 0 Å². The summed E-state index contributed by atoms with van der Waals surface area (Å²) in [6, 6.07) is 13.7. The molecule has 1 saturated heterocycles. The summed E-state index contributed by atoms with van der Waals surface area (Å²) in [6.45, 7) is 1.36. The molecule has 0 spiro atoms. The van der Waals surface area contributed by atoms with Gasteiger partial charge in [0.1, 0.15) is 11.4 Å². The van der Waals surface area contributed by atoms with Crippen molar-refractivity contribution in [2.45, 2.75) is 18.8 Å². The van der Waals surface area contributed by atoms with Gasteiger partial charge < -0.3 is 9.64 Å². The average molecular weight is 416 g/mol. The number of fused-ring (bicyclic) bond motifs is 1. The van der Waals surface area contributed by atoms with Gasteiger partial charge >= 0.3 is 0 Å². The number of aromatic nitrogens is 5. The fourth-order valence-corrected chi connectivity index (χ4v) is 4.16. The Bertz CT molecular complexity index is 1240. The summed E-state index contributed by atoms with van der Waals surface area (Å²) in [5, 5.41) is 8.87. The van der Waals surface area contributed by atoms with Crippen LogP contribution in [0.2, 0.25) is 0 Å². The summed E-state index contributed by atoms with van der Waals surface area (Å²) in [7, 11) is 3.46. The predicted octanol–water partition coefficient (Wildman–Crippen LogP) is 3.16. The molecule has 1 aliphatic rings. The van der Waals surface area contributed by atoms with E-state index in [1.54, 1.807) is 31.1 Å². The molecule has 0 radical (unpaired) electrons. The van der Waals surface area contributed by atoms with E-state index in [0.717, 1.165) is 47.7 Å². The molecule has 158 valence electrons. The van der Waals surface area contributed by atoms with Crippen LogP contribution in [0.4, 0.5) is 0 Å². The van der Waals surface area contributed by atoms with Gasteiger partial charge in [-0.3, -0.25) is 9.48 Å². The monoisotopic (exact) mass is 416 g/mol. The first kappa shape index (κ1) is 19.3. The van der Waals surface area contributed by atoms with E-state index >= 15 is 0 Å². The lowest BCUT2D eigenvalue weighted by atomic mass is 9.97. The molecule has 0 bridgehead atoms. The Morgan fingerprint density at radius 1 is 1.16 bits per heavy atom. The molecule has 0 N–H and O–H groups in total. The number of carbonyl (C=O) groups excluding carboxylic acids is 1. The van der Waals surface area contributed by atoms with Crippen LogP contribution in [0.25, 0.3) is 16.8 Å². The van der Waals surface area contributed by atoms with Crippen molar-refractivity contribution in [2.75, 3.05) is 20.2 Å². The molecule has 4 aromatic rings. The van der Waals surface area contributed by atoms with Crippen molar-refractivity contribution in [3.8, 4) is 16.9 Å². The number of amides is 1. The second-order valence-corrected chi connectivity index (χ2v) is 7.85. The molecule has 3 aromatic heterocycles. The molecule has 1 amide bonds. The van der Waals surface area contributed by atoms with E-state index in [0.29, 0.717) is 12.2 Å². The molecule has 1 aliphatic heterocycles. The fourth-order valence-electron chi connectivity index (χ4n) is 4.16. The second-order valence-electron chi connectivity index (χ2n) is 7.85. The molecule has 1 atom stereocenters. The Balaban J connectivity index is 1.40. The highest BCUT2D eigenvalue weighted by Crippen LogP contribution is 2.28. The standard InChI is InChI=1S/C23H24N6O2/c1-27-20(10-11-24-27)23(30)28-12-4-6-18(14-28)22-25-21-9-8-17(15-29(21)26-22)16-5-3-7-19(13-16)31-2/h3,5,7-11,13,15,18H,4,6,12,14H2,1-2H3/t18-/m0/s1. The minimum atomic E-state index is 0.00813. The number of likely N-dealkylation sites (tertiary alicyclic amines) is 1. The lowest BCUT2D eigenvalue weighted by Gasteiger charge is -2.31. The molecule has 4 heterocycles. The highest BCUT2D eigenvalue weighted by molar-refractivity contribution is 5.92. The van der Waals surface area contributed by atoms with Crippen LogP contribution in [0.15, 0.2) is 54.9 Å². The first-order chi connectivity index (χ1) is 15.1. The molecule has 8 nitrogen and oxygen atoms in total. The topological polar surface area (TPSA) is 77.5 Å². The van der Waals surface area contributed by atoms with E-state index in [-0.39, 0.29) is 11.8 Å². The Kier molecular flexibility index (Phi) is 4.89. The molecule has 1 fully saturated rings. The summed E-state index contributed by atoms with van der Waals surface area (Å²) in [6.07, 6.45) is 5.54. The highest BCUT2D eigenvalue weighted by Gasteiger charge is 2.29. The van der Waals surface area contributed by atoms with E-state index in [1.165, 1.54) is 0 Å². The normalized spacial score (nSPS) is 16.6. The zero-order valence-electron chi connectivity index (χ0n) is 17.6. The Morgan fingerprint density at radius 3 is 2.87 bits per heavy atom. The number of methoxy groups -OCH3 is 1. The van der Waals surface area contributed by atoms with Gasteiger partial charge in [-0.05, 0) is 48.7 Å². The van der Waals surface area contributed by atoms with E-state index < -0.39 is 0 Å². The van der Waals surface area contributed by atoms with Crippen LogP contribution in [-0.4, -0.2) is 55.4 Å². The quantitative estimate of drug-likeness (QED) is 0.511. The maximum absolute atomic E-state index is 12.9. The lowest BCUT2D eigenvalue weighted by Crippen LogP contribution is -2.40. The van der Waals surface area contributed by atoms with Crippen molar-refractivity contribution in [3.63, 3.8) is 0 Å². The molecule has 0 saturated carbocycles. The fraction of sp³-hybridized carbons (Fsp3) is 0.304. The van der Waals surface area contributed by atoms with Crippen LogP contribution >= 0.6 is 0 Å². The third-order valence-corrected chi connectivity index (χ3v) is 5.86. The molecule has 0 unspecified atom stereocenters. The number of piperidine rings is 1. The zero-order valence-corrected chi connectivity index (χ0v) is 17.6. The Labute approximate surface area is 180 Å².